The van der Waals surface area contributed by atoms with Crippen LogP contribution >= 0.6 is 0 Å². The summed E-state index contributed by atoms with van der Waals surface area (Å²) in [4.78, 5) is 12.9. The number of carbonyl (C=O) groups excluding carboxylic acids is 1. The third-order valence-electron chi connectivity index (χ3n) is 11.3. The van der Waals surface area contributed by atoms with Crippen LogP contribution in [0.15, 0.2) is 72.9 Å². The molecule has 382 valence electrons. The number of aliphatic hydroxyl groups excluding tert-OH is 3. The van der Waals surface area contributed by atoms with Crippen LogP contribution < -0.4 is 0 Å². The van der Waals surface area contributed by atoms with Crippen molar-refractivity contribution in [1.29, 1.82) is 0 Å². The first kappa shape index (κ1) is 61.6. The molecular formula is C53H92O12S. The Morgan fingerprint density at radius 3 is 1.53 bits per heavy atom. The van der Waals surface area contributed by atoms with E-state index >= 15 is 0 Å². The fourth-order valence-corrected chi connectivity index (χ4v) is 7.97. The molecule has 0 radical (unpaired) electrons. The highest BCUT2D eigenvalue weighted by Crippen LogP contribution is 2.26. The van der Waals surface area contributed by atoms with Gasteiger partial charge in [-0.15, -0.1) is 0 Å². The Morgan fingerprint density at radius 2 is 1.05 bits per heavy atom. The lowest BCUT2D eigenvalue weighted by molar-refractivity contribution is -0.301. The molecular weight excluding hydrogens is 861 g/mol. The van der Waals surface area contributed by atoms with Crippen LogP contribution in [0.3, 0.4) is 0 Å². The molecule has 0 spiro atoms. The fraction of sp³-hybridized carbons (Fsp3) is 0.755. The van der Waals surface area contributed by atoms with Gasteiger partial charge in [-0.05, 0) is 83.5 Å². The smallest absolute Gasteiger partial charge is 0.397 e. The van der Waals surface area contributed by atoms with Crippen LogP contribution in [-0.2, 0) is 38.3 Å². The van der Waals surface area contributed by atoms with Crippen molar-refractivity contribution in [3.63, 3.8) is 0 Å². The van der Waals surface area contributed by atoms with Gasteiger partial charge in [-0.2, -0.15) is 8.42 Å². The second-order valence-corrected chi connectivity index (χ2v) is 18.4. The van der Waals surface area contributed by atoms with Crippen molar-refractivity contribution in [2.24, 2.45) is 0 Å². The van der Waals surface area contributed by atoms with Gasteiger partial charge in [-0.25, -0.2) is 4.18 Å². The lowest BCUT2D eigenvalue weighted by Crippen LogP contribution is -2.60. The normalized spacial score (nSPS) is 20.1. The summed E-state index contributed by atoms with van der Waals surface area (Å²) in [6.07, 6.45) is 47.9. The van der Waals surface area contributed by atoms with E-state index in [1.54, 1.807) is 0 Å². The molecule has 4 N–H and O–H groups in total. The molecule has 1 saturated heterocycles. The topological polar surface area (TPSA) is 178 Å². The van der Waals surface area contributed by atoms with Crippen molar-refractivity contribution in [2.45, 2.75) is 230 Å². The molecule has 6 unspecified atom stereocenters. The molecule has 6 atom stereocenters. The van der Waals surface area contributed by atoms with Gasteiger partial charge in [0.1, 0.15) is 30.5 Å². The van der Waals surface area contributed by atoms with Crippen LogP contribution in [0.25, 0.3) is 0 Å². The average molecular weight is 953 g/mol. The Morgan fingerprint density at radius 1 is 0.591 bits per heavy atom. The quantitative estimate of drug-likeness (QED) is 0.0197. The summed E-state index contributed by atoms with van der Waals surface area (Å²) >= 11 is 0. The number of hydrogen-bond acceptors (Lipinski definition) is 11. The molecule has 0 aliphatic carbocycles. The number of hydrogen-bond donors (Lipinski definition) is 4. The molecule has 0 aromatic carbocycles. The van der Waals surface area contributed by atoms with Crippen LogP contribution in [-0.4, -0.2) is 97.5 Å². The average Bonchev–Trinajstić information content (AvgIpc) is 3.29. The molecule has 1 rings (SSSR count). The standard InChI is InChI=1S/C53H92O12S/c1-3-5-7-9-11-13-15-17-19-21-22-23-24-25-27-29-31-33-35-37-39-41-43-61-45-47(46-62-53-51(57)52(65-66(58,59)60)50(56)48(44-54)64-53)63-49(55)42-40-38-36-34-32-30-28-26-20-18-16-14-12-10-8-6-4-2/h6,8,12,14-15,17-18,20-22,28,30,47-48,50-54,56-57H,3-5,7,9-11,13,16,19,23-27,29,31-46H2,1-2H3,(H,58,59,60)/b8-6-,14-12-,17-15-,20-18-,22-21-,30-28-. The van der Waals surface area contributed by atoms with Crippen LogP contribution in [0.2, 0.25) is 0 Å². The van der Waals surface area contributed by atoms with Crippen molar-refractivity contribution in [2.75, 3.05) is 26.4 Å². The summed E-state index contributed by atoms with van der Waals surface area (Å²) in [5, 5.41) is 30.8. The van der Waals surface area contributed by atoms with E-state index < -0.39 is 59.8 Å². The van der Waals surface area contributed by atoms with Crippen LogP contribution in [0.5, 0.6) is 0 Å². The Kier molecular flexibility index (Phi) is 40.8. The van der Waals surface area contributed by atoms with Crippen LogP contribution in [0.4, 0.5) is 0 Å². The van der Waals surface area contributed by atoms with E-state index in [-0.39, 0.29) is 19.6 Å². The highest BCUT2D eigenvalue weighted by Gasteiger charge is 2.48. The number of carbonyl (C=O) groups is 1. The van der Waals surface area contributed by atoms with Gasteiger partial charge in [-0.1, -0.05) is 177 Å². The minimum atomic E-state index is -5.07. The maximum Gasteiger partial charge on any atom is 0.397 e. The summed E-state index contributed by atoms with van der Waals surface area (Å²) in [7, 11) is -5.07. The lowest BCUT2D eigenvalue weighted by Gasteiger charge is -2.41. The molecule has 0 aromatic heterocycles. The number of aliphatic hydroxyl groups is 3. The van der Waals surface area contributed by atoms with E-state index in [9.17, 15) is 33.1 Å². The third-order valence-corrected chi connectivity index (χ3v) is 11.8. The van der Waals surface area contributed by atoms with E-state index in [0.717, 1.165) is 77.0 Å². The van der Waals surface area contributed by atoms with Gasteiger partial charge in [0.15, 0.2) is 6.29 Å². The zero-order valence-electron chi connectivity index (χ0n) is 41.0. The summed E-state index contributed by atoms with van der Waals surface area (Å²) in [5.41, 5.74) is 0. The number of esters is 1. The van der Waals surface area contributed by atoms with Gasteiger partial charge in [0.2, 0.25) is 0 Å². The van der Waals surface area contributed by atoms with Gasteiger partial charge in [-0.3, -0.25) is 9.35 Å². The summed E-state index contributed by atoms with van der Waals surface area (Å²) in [6, 6.07) is 0. The maximum absolute atomic E-state index is 12.9. The van der Waals surface area contributed by atoms with E-state index in [0.29, 0.717) is 13.0 Å². The molecule has 0 aromatic rings. The van der Waals surface area contributed by atoms with E-state index in [1.807, 2.05) is 0 Å². The number of ether oxygens (including phenoxy) is 4. The molecule has 1 heterocycles. The SMILES string of the molecule is CC/C=C\C/C=C\C/C=C\C/C=C\CCCCCCC(=O)OC(COCCCCCCCCCCCC/C=C\C/C=C\CCCCCCC)COC1OC(CO)C(O)C(OS(=O)(=O)O)C1O. The Hall–Kier alpha value is -2.46. The summed E-state index contributed by atoms with van der Waals surface area (Å²) in [5.74, 6) is -0.425. The zero-order chi connectivity index (χ0) is 48.2. The van der Waals surface area contributed by atoms with Gasteiger partial charge in [0.05, 0.1) is 19.8 Å². The molecule has 66 heavy (non-hydrogen) atoms. The van der Waals surface area contributed by atoms with Gasteiger partial charge in [0, 0.05) is 13.0 Å². The molecule has 12 nitrogen and oxygen atoms in total. The molecule has 1 aliphatic rings. The van der Waals surface area contributed by atoms with E-state index in [1.165, 1.54) is 89.9 Å². The predicted molar refractivity (Wildman–Crippen MR) is 266 cm³/mol. The first-order valence-corrected chi connectivity index (χ1v) is 27.1. The monoisotopic (exact) mass is 953 g/mol. The highest BCUT2D eigenvalue weighted by molar-refractivity contribution is 7.80. The predicted octanol–water partition coefficient (Wildman–Crippen LogP) is 11.9. The fourth-order valence-electron chi connectivity index (χ4n) is 7.46. The van der Waals surface area contributed by atoms with Crippen molar-refractivity contribution >= 4 is 16.4 Å². The first-order chi connectivity index (χ1) is 32.1. The maximum atomic E-state index is 12.9. The molecule has 13 heteroatoms. The first-order valence-electron chi connectivity index (χ1n) is 25.7. The second kappa shape index (κ2) is 43.8. The molecule has 0 bridgehead atoms. The summed E-state index contributed by atoms with van der Waals surface area (Å²) < 4.78 is 59.2. The van der Waals surface area contributed by atoms with E-state index in [4.69, 9.17) is 18.9 Å². The third kappa shape index (κ3) is 36.6. The largest absolute Gasteiger partial charge is 0.457 e. The van der Waals surface area contributed by atoms with Crippen LogP contribution in [0, 0.1) is 0 Å². The van der Waals surface area contributed by atoms with Crippen LogP contribution in [0.1, 0.15) is 194 Å². The Balaban J connectivity index is 2.38. The molecule has 0 saturated carbocycles. The minimum Gasteiger partial charge on any atom is -0.457 e. The lowest BCUT2D eigenvalue weighted by atomic mass is 9.99. The Bertz CT molecular complexity index is 1420. The molecule has 1 aliphatic heterocycles. The highest BCUT2D eigenvalue weighted by atomic mass is 32.3. The second-order valence-electron chi connectivity index (χ2n) is 17.4. The molecule has 1 fully saturated rings. The van der Waals surface area contributed by atoms with Gasteiger partial charge in [0.25, 0.3) is 0 Å². The number of unbranched alkanes of at least 4 members (excludes halogenated alkanes) is 19. The minimum absolute atomic E-state index is 0.0204. The van der Waals surface area contributed by atoms with Crippen molar-refractivity contribution in [1.82, 2.24) is 0 Å². The zero-order valence-corrected chi connectivity index (χ0v) is 41.8. The van der Waals surface area contributed by atoms with Crippen molar-refractivity contribution in [3.05, 3.63) is 72.9 Å². The number of rotatable bonds is 44. The Labute approximate surface area is 401 Å². The van der Waals surface area contributed by atoms with Crippen molar-refractivity contribution < 1.29 is 56.2 Å². The number of allylic oxidation sites excluding steroid dienone is 12. The summed E-state index contributed by atoms with van der Waals surface area (Å²) in [6.45, 7) is 3.83. The molecule has 0 amide bonds. The van der Waals surface area contributed by atoms with Gasteiger partial charge >= 0.3 is 16.4 Å². The van der Waals surface area contributed by atoms with Crippen molar-refractivity contribution in [3.8, 4) is 0 Å². The van der Waals surface area contributed by atoms with Gasteiger partial charge < -0.3 is 34.3 Å². The van der Waals surface area contributed by atoms with E-state index in [2.05, 4.69) is 90.9 Å².